The first kappa shape index (κ1) is 22.7. The van der Waals surface area contributed by atoms with Crippen LogP contribution in [-0.4, -0.2) is 39.2 Å². The van der Waals surface area contributed by atoms with Crippen LogP contribution in [0.5, 0.6) is 0 Å². The Morgan fingerprint density at radius 1 is 0.784 bits per heavy atom. The average molecular weight is 492 g/mol. The number of aryl methyl sites for hydroxylation is 4. The topological polar surface area (TPSA) is 67.1 Å². The molecule has 7 rings (SSSR count). The van der Waals surface area contributed by atoms with Crippen molar-refractivity contribution in [3.8, 4) is 22.7 Å². The minimum atomic E-state index is 0.487. The molecule has 1 atom stereocenters. The number of benzene rings is 2. The third-order valence-electron chi connectivity index (χ3n) is 8.40. The Bertz CT molecular complexity index is 1420. The molecule has 3 heterocycles. The fraction of sp³-hybridized carbons (Fsp3) is 0.387. The molecule has 188 valence electrons. The maximum absolute atomic E-state index is 6.09. The summed E-state index contributed by atoms with van der Waals surface area (Å²) in [5, 5.41) is 12.5. The number of rotatable bonds is 4. The zero-order valence-electron chi connectivity index (χ0n) is 21.2. The van der Waals surface area contributed by atoms with Crippen LogP contribution in [0, 0.1) is 0 Å². The number of likely N-dealkylation sites (tertiary alicyclic amines) is 1. The second-order valence-corrected chi connectivity index (χ2v) is 10.7. The number of anilines is 2. The minimum Gasteiger partial charge on any atom is -0.422 e. The normalized spacial score (nSPS) is 19.4. The zero-order chi connectivity index (χ0) is 24.6. The van der Waals surface area contributed by atoms with Gasteiger partial charge < -0.3 is 14.6 Å². The van der Waals surface area contributed by atoms with Gasteiger partial charge in [-0.15, -0.1) is 10.2 Å². The molecule has 3 aliphatic rings. The zero-order valence-corrected chi connectivity index (χ0v) is 21.2. The SMILES string of the molecule is c1ccc2c(c1)CCCc1cc(-c3cnc(Nc4ccc5c(c4)CCC(N4CCCC4)CC5)o3)nnc1-2. The number of hydrogen-bond donors (Lipinski definition) is 1. The van der Waals surface area contributed by atoms with E-state index in [0.29, 0.717) is 11.8 Å². The number of nitrogens with one attached hydrogen (secondary N) is 1. The van der Waals surface area contributed by atoms with Crippen molar-refractivity contribution in [3.05, 3.63) is 77.0 Å². The Morgan fingerprint density at radius 3 is 2.54 bits per heavy atom. The standard InChI is InChI=1S/C31H33N5O/c1-2-9-27-22(6-1)7-5-8-24-19-28(34-35-30(24)27)29-20-32-31(37-29)33-25-13-10-21-11-14-26(15-12-23(21)18-25)36-16-3-4-17-36/h1-2,6,9-10,13,18-20,26H,3-5,7-8,11-12,14-17H2,(H,32,33). The van der Waals surface area contributed by atoms with Crippen molar-refractivity contribution in [3.63, 3.8) is 0 Å². The number of oxazole rings is 1. The summed E-state index contributed by atoms with van der Waals surface area (Å²) in [6.45, 7) is 2.56. The highest BCUT2D eigenvalue weighted by atomic mass is 16.4. The number of hydrogen-bond acceptors (Lipinski definition) is 6. The fourth-order valence-corrected chi connectivity index (χ4v) is 6.42. The van der Waals surface area contributed by atoms with Crippen molar-refractivity contribution >= 4 is 11.7 Å². The van der Waals surface area contributed by atoms with Gasteiger partial charge in [0.2, 0.25) is 0 Å². The van der Waals surface area contributed by atoms with Gasteiger partial charge in [-0.05, 0) is 111 Å². The van der Waals surface area contributed by atoms with Crippen molar-refractivity contribution in [2.75, 3.05) is 18.4 Å². The lowest BCUT2D eigenvalue weighted by molar-refractivity contribution is 0.222. The highest BCUT2D eigenvalue weighted by Crippen LogP contribution is 2.33. The summed E-state index contributed by atoms with van der Waals surface area (Å²) in [7, 11) is 0. The minimum absolute atomic E-state index is 0.487. The van der Waals surface area contributed by atoms with E-state index in [0.717, 1.165) is 48.8 Å². The summed E-state index contributed by atoms with van der Waals surface area (Å²) in [5.74, 6) is 0.638. The number of aromatic nitrogens is 3. The summed E-state index contributed by atoms with van der Waals surface area (Å²) in [5.41, 5.74) is 9.46. The van der Waals surface area contributed by atoms with E-state index in [1.54, 1.807) is 6.20 Å². The lowest BCUT2D eigenvalue weighted by Crippen LogP contribution is -2.32. The van der Waals surface area contributed by atoms with Gasteiger partial charge in [-0.2, -0.15) is 0 Å². The van der Waals surface area contributed by atoms with E-state index in [4.69, 9.17) is 4.42 Å². The van der Waals surface area contributed by atoms with Gasteiger partial charge in [0.15, 0.2) is 5.76 Å². The molecule has 6 nitrogen and oxygen atoms in total. The van der Waals surface area contributed by atoms with Crippen LogP contribution in [0.15, 0.2) is 59.1 Å². The Morgan fingerprint density at radius 2 is 1.62 bits per heavy atom. The van der Waals surface area contributed by atoms with Crippen molar-refractivity contribution in [1.82, 2.24) is 20.1 Å². The molecule has 6 heteroatoms. The largest absolute Gasteiger partial charge is 0.422 e. The highest BCUT2D eigenvalue weighted by Gasteiger charge is 2.24. The number of nitrogens with zero attached hydrogens (tertiary/aromatic N) is 4. The maximum Gasteiger partial charge on any atom is 0.299 e. The van der Waals surface area contributed by atoms with Gasteiger partial charge in [0.05, 0.1) is 11.9 Å². The van der Waals surface area contributed by atoms with Crippen molar-refractivity contribution < 1.29 is 4.42 Å². The molecular weight excluding hydrogens is 458 g/mol. The Labute approximate surface area is 218 Å². The molecular formula is C31H33N5O. The molecule has 0 spiro atoms. The lowest BCUT2D eigenvalue weighted by atomic mass is 10.0. The molecule has 1 unspecified atom stereocenters. The molecule has 1 aliphatic heterocycles. The monoisotopic (exact) mass is 491 g/mol. The predicted octanol–water partition coefficient (Wildman–Crippen LogP) is 6.37. The molecule has 1 saturated heterocycles. The molecule has 2 aromatic heterocycles. The summed E-state index contributed by atoms with van der Waals surface area (Å²) in [6.07, 6.45) is 12.5. The predicted molar refractivity (Wildman–Crippen MR) is 146 cm³/mol. The second kappa shape index (κ2) is 9.75. The lowest BCUT2D eigenvalue weighted by Gasteiger charge is -2.25. The van der Waals surface area contributed by atoms with Crippen LogP contribution < -0.4 is 5.32 Å². The molecule has 2 aliphatic carbocycles. The molecule has 0 radical (unpaired) electrons. The fourth-order valence-electron chi connectivity index (χ4n) is 6.42. The molecule has 4 aromatic rings. The molecule has 0 saturated carbocycles. The van der Waals surface area contributed by atoms with Gasteiger partial charge >= 0.3 is 0 Å². The van der Waals surface area contributed by atoms with E-state index < -0.39 is 0 Å². The number of fused-ring (bicyclic) bond motifs is 4. The van der Waals surface area contributed by atoms with Crippen LogP contribution in [-0.2, 0) is 25.7 Å². The van der Waals surface area contributed by atoms with Gasteiger partial charge in [0.25, 0.3) is 6.01 Å². The van der Waals surface area contributed by atoms with Crippen LogP contribution in [0.2, 0.25) is 0 Å². The smallest absolute Gasteiger partial charge is 0.299 e. The Hall–Kier alpha value is -3.51. The van der Waals surface area contributed by atoms with Gasteiger partial charge in [-0.1, -0.05) is 30.3 Å². The van der Waals surface area contributed by atoms with E-state index in [-0.39, 0.29) is 0 Å². The van der Waals surface area contributed by atoms with E-state index in [2.05, 4.69) is 73.9 Å². The van der Waals surface area contributed by atoms with Gasteiger partial charge in [-0.3, -0.25) is 0 Å². The van der Waals surface area contributed by atoms with Crippen molar-refractivity contribution in [2.45, 2.75) is 63.8 Å². The van der Waals surface area contributed by atoms with Crippen LogP contribution in [0.3, 0.4) is 0 Å². The van der Waals surface area contributed by atoms with Crippen LogP contribution in [0.1, 0.15) is 54.4 Å². The molecule has 1 fully saturated rings. The van der Waals surface area contributed by atoms with E-state index in [1.807, 2.05) is 0 Å². The van der Waals surface area contributed by atoms with Gasteiger partial charge in [0, 0.05) is 17.3 Å². The Kier molecular flexibility index (Phi) is 5.97. The maximum atomic E-state index is 6.09. The van der Waals surface area contributed by atoms with Crippen LogP contribution in [0.25, 0.3) is 22.7 Å². The van der Waals surface area contributed by atoms with Crippen molar-refractivity contribution in [1.29, 1.82) is 0 Å². The summed E-state index contributed by atoms with van der Waals surface area (Å²) < 4.78 is 6.09. The van der Waals surface area contributed by atoms with E-state index >= 15 is 0 Å². The second-order valence-electron chi connectivity index (χ2n) is 10.7. The third-order valence-corrected chi connectivity index (χ3v) is 8.40. The van der Waals surface area contributed by atoms with Crippen LogP contribution in [0.4, 0.5) is 11.7 Å². The summed E-state index contributed by atoms with van der Waals surface area (Å²) in [4.78, 5) is 7.21. The average Bonchev–Trinajstić information content (AvgIpc) is 3.54. The Balaban J connectivity index is 1.08. The summed E-state index contributed by atoms with van der Waals surface area (Å²) in [6, 6.07) is 18.6. The third kappa shape index (κ3) is 4.55. The van der Waals surface area contributed by atoms with Crippen molar-refractivity contribution in [2.24, 2.45) is 0 Å². The first-order valence-electron chi connectivity index (χ1n) is 13.8. The van der Waals surface area contributed by atoms with Gasteiger partial charge in [0.1, 0.15) is 5.69 Å². The first-order chi connectivity index (χ1) is 18.3. The first-order valence-corrected chi connectivity index (χ1v) is 13.8. The summed E-state index contributed by atoms with van der Waals surface area (Å²) >= 11 is 0. The van der Waals surface area contributed by atoms with E-state index in [1.165, 1.54) is 73.0 Å². The van der Waals surface area contributed by atoms with Crippen LogP contribution >= 0.6 is 0 Å². The molecule has 37 heavy (non-hydrogen) atoms. The van der Waals surface area contributed by atoms with E-state index in [9.17, 15) is 0 Å². The van der Waals surface area contributed by atoms with Gasteiger partial charge in [-0.25, -0.2) is 4.98 Å². The molecule has 1 N–H and O–H groups in total. The molecule has 0 amide bonds. The quantitative estimate of drug-likeness (QED) is 0.334. The molecule has 2 aromatic carbocycles. The molecule has 0 bridgehead atoms. The highest BCUT2D eigenvalue weighted by molar-refractivity contribution is 5.69.